The van der Waals surface area contributed by atoms with E-state index in [0.29, 0.717) is 17.8 Å². The highest BCUT2D eigenvalue weighted by molar-refractivity contribution is 7.09. The van der Waals surface area contributed by atoms with E-state index in [-0.39, 0.29) is 5.91 Å². The maximum absolute atomic E-state index is 12.2. The van der Waals surface area contributed by atoms with Crippen molar-refractivity contribution < 1.29 is 4.79 Å². The minimum Gasteiger partial charge on any atom is -0.398 e. The van der Waals surface area contributed by atoms with Gasteiger partial charge < -0.3 is 10.6 Å². The first kappa shape index (κ1) is 12.6. The van der Waals surface area contributed by atoms with E-state index in [9.17, 15) is 4.79 Å². The van der Waals surface area contributed by atoms with Crippen LogP contribution in [0.15, 0.2) is 29.8 Å². The Hall–Kier alpha value is -1.88. The molecule has 0 fully saturated rings. The molecular formula is C13H15N3OS. The Kier molecular flexibility index (Phi) is 3.62. The van der Waals surface area contributed by atoms with Gasteiger partial charge in [0.25, 0.3) is 5.91 Å². The van der Waals surface area contributed by atoms with Crippen molar-refractivity contribution >= 4 is 22.9 Å². The number of hydrogen-bond donors (Lipinski definition) is 1. The van der Waals surface area contributed by atoms with Crippen LogP contribution < -0.4 is 5.73 Å². The molecule has 5 heteroatoms. The molecule has 0 aliphatic rings. The summed E-state index contributed by atoms with van der Waals surface area (Å²) in [4.78, 5) is 19.2. The van der Waals surface area contributed by atoms with Crippen LogP contribution in [0.2, 0.25) is 0 Å². The SMILES string of the molecule is Cc1ncsc1CN(C)C(=O)c1ccccc1N. The predicted molar refractivity (Wildman–Crippen MR) is 73.5 cm³/mol. The lowest BCUT2D eigenvalue weighted by Gasteiger charge is -2.17. The number of benzene rings is 1. The van der Waals surface area contributed by atoms with Crippen LogP contribution in [-0.4, -0.2) is 22.8 Å². The average Bonchev–Trinajstić information content (AvgIpc) is 2.75. The maximum Gasteiger partial charge on any atom is 0.256 e. The molecule has 2 N–H and O–H groups in total. The number of amides is 1. The van der Waals surface area contributed by atoms with Gasteiger partial charge in [0.05, 0.1) is 23.3 Å². The third-order valence-electron chi connectivity index (χ3n) is 2.76. The monoisotopic (exact) mass is 261 g/mol. The summed E-state index contributed by atoms with van der Waals surface area (Å²) in [5.74, 6) is -0.0686. The normalized spacial score (nSPS) is 10.3. The van der Waals surface area contributed by atoms with Gasteiger partial charge in [-0.3, -0.25) is 4.79 Å². The summed E-state index contributed by atoms with van der Waals surface area (Å²) >= 11 is 1.56. The molecule has 0 bridgehead atoms. The van der Waals surface area contributed by atoms with Gasteiger partial charge in [-0.05, 0) is 19.1 Å². The van der Waals surface area contributed by atoms with Gasteiger partial charge in [0, 0.05) is 17.6 Å². The molecule has 94 valence electrons. The summed E-state index contributed by atoms with van der Waals surface area (Å²) in [7, 11) is 1.77. The second-order valence-corrected chi connectivity index (χ2v) is 5.05. The van der Waals surface area contributed by atoms with Crippen molar-refractivity contribution in [2.45, 2.75) is 13.5 Å². The molecule has 4 nitrogen and oxygen atoms in total. The van der Waals surface area contributed by atoms with Crippen molar-refractivity contribution in [2.75, 3.05) is 12.8 Å². The van der Waals surface area contributed by atoms with E-state index in [2.05, 4.69) is 4.98 Å². The molecule has 0 radical (unpaired) electrons. The van der Waals surface area contributed by atoms with E-state index in [1.54, 1.807) is 40.9 Å². The molecule has 0 saturated carbocycles. The molecule has 2 aromatic rings. The summed E-state index contributed by atoms with van der Waals surface area (Å²) in [6.45, 7) is 2.50. The summed E-state index contributed by atoms with van der Waals surface area (Å²) in [6.07, 6.45) is 0. The van der Waals surface area contributed by atoms with Crippen LogP contribution in [0, 0.1) is 6.92 Å². The minimum absolute atomic E-state index is 0.0686. The van der Waals surface area contributed by atoms with Gasteiger partial charge >= 0.3 is 0 Å². The van der Waals surface area contributed by atoms with Crippen molar-refractivity contribution in [1.82, 2.24) is 9.88 Å². The van der Waals surface area contributed by atoms with Crippen molar-refractivity contribution in [1.29, 1.82) is 0 Å². The number of carbonyl (C=O) groups is 1. The van der Waals surface area contributed by atoms with Gasteiger partial charge in [-0.15, -0.1) is 11.3 Å². The Morgan fingerprint density at radius 1 is 1.44 bits per heavy atom. The smallest absolute Gasteiger partial charge is 0.256 e. The first-order valence-electron chi connectivity index (χ1n) is 5.58. The lowest BCUT2D eigenvalue weighted by Crippen LogP contribution is -2.26. The second kappa shape index (κ2) is 5.18. The van der Waals surface area contributed by atoms with Gasteiger partial charge in [0.2, 0.25) is 0 Å². The van der Waals surface area contributed by atoms with Gasteiger partial charge in [-0.25, -0.2) is 4.98 Å². The number of rotatable bonds is 3. The summed E-state index contributed by atoms with van der Waals surface area (Å²) in [5, 5.41) is 0. The second-order valence-electron chi connectivity index (χ2n) is 4.11. The van der Waals surface area contributed by atoms with Gasteiger partial charge in [-0.1, -0.05) is 12.1 Å². The van der Waals surface area contributed by atoms with Gasteiger partial charge in [-0.2, -0.15) is 0 Å². The minimum atomic E-state index is -0.0686. The fourth-order valence-corrected chi connectivity index (χ4v) is 2.49. The Morgan fingerprint density at radius 2 is 2.17 bits per heavy atom. The topological polar surface area (TPSA) is 59.2 Å². The largest absolute Gasteiger partial charge is 0.398 e. The number of nitrogen functional groups attached to an aromatic ring is 1. The van der Waals surface area contributed by atoms with E-state index in [1.807, 2.05) is 19.1 Å². The van der Waals surface area contributed by atoms with Crippen LogP contribution in [0.5, 0.6) is 0 Å². The van der Waals surface area contributed by atoms with Gasteiger partial charge in [0.1, 0.15) is 0 Å². The molecule has 1 heterocycles. The lowest BCUT2D eigenvalue weighted by molar-refractivity contribution is 0.0787. The van der Waals surface area contributed by atoms with Crippen molar-refractivity contribution in [3.05, 3.63) is 45.9 Å². The number of nitrogens with two attached hydrogens (primary N) is 1. The molecule has 0 atom stereocenters. The zero-order chi connectivity index (χ0) is 13.1. The standard InChI is InChI=1S/C13H15N3OS/c1-9-12(18-8-15-9)7-16(2)13(17)10-5-3-4-6-11(10)14/h3-6,8H,7,14H2,1-2H3. The Bertz CT molecular complexity index is 565. The fraction of sp³-hybridized carbons (Fsp3) is 0.231. The van der Waals surface area contributed by atoms with Crippen molar-refractivity contribution in [3.63, 3.8) is 0 Å². The predicted octanol–water partition coefficient (Wildman–Crippen LogP) is 2.31. The number of aromatic nitrogens is 1. The molecule has 1 aromatic carbocycles. The molecule has 0 aliphatic carbocycles. The highest BCUT2D eigenvalue weighted by atomic mass is 32.1. The van der Waals surface area contributed by atoms with Crippen molar-refractivity contribution in [2.24, 2.45) is 0 Å². The third-order valence-corrected chi connectivity index (χ3v) is 3.68. The van der Waals surface area contributed by atoms with Crippen LogP contribution in [0.1, 0.15) is 20.9 Å². The Balaban J connectivity index is 2.15. The van der Waals surface area contributed by atoms with Crippen LogP contribution >= 0.6 is 11.3 Å². The quantitative estimate of drug-likeness (QED) is 0.862. The van der Waals surface area contributed by atoms with Crippen LogP contribution in [0.3, 0.4) is 0 Å². The van der Waals surface area contributed by atoms with E-state index in [0.717, 1.165) is 10.6 Å². The number of carbonyl (C=O) groups excluding carboxylic acids is 1. The molecule has 1 amide bonds. The maximum atomic E-state index is 12.2. The molecule has 0 unspecified atom stereocenters. The summed E-state index contributed by atoms with van der Waals surface area (Å²) in [5.41, 5.74) is 9.62. The average molecular weight is 261 g/mol. The van der Waals surface area contributed by atoms with E-state index in [4.69, 9.17) is 5.73 Å². The first-order valence-corrected chi connectivity index (χ1v) is 6.46. The van der Waals surface area contributed by atoms with E-state index in [1.165, 1.54) is 0 Å². The molecular weight excluding hydrogens is 246 g/mol. The lowest BCUT2D eigenvalue weighted by atomic mass is 10.1. The Labute approximate surface area is 110 Å². The molecule has 2 rings (SSSR count). The molecule has 18 heavy (non-hydrogen) atoms. The number of para-hydroxylation sites is 1. The fourth-order valence-electron chi connectivity index (χ4n) is 1.66. The van der Waals surface area contributed by atoms with Crippen LogP contribution in [0.25, 0.3) is 0 Å². The molecule has 1 aromatic heterocycles. The highest BCUT2D eigenvalue weighted by Crippen LogP contribution is 2.17. The number of thiazole rings is 1. The molecule has 0 spiro atoms. The number of aryl methyl sites for hydroxylation is 1. The zero-order valence-electron chi connectivity index (χ0n) is 10.4. The summed E-state index contributed by atoms with van der Waals surface area (Å²) < 4.78 is 0. The van der Waals surface area contributed by atoms with Gasteiger partial charge in [0.15, 0.2) is 0 Å². The number of anilines is 1. The third kappa shape index (κ3) is 2.51. The molecule has 0 saturated heterocycles. The zero-order valence-corrected chi connectivity index (χ0v) is 11.2. The van der Waals surface area contributed by atoms with Crippen molar-refractivity contribution in [3.8, 4) is 0 Å². The van der Waals surface area contributed by atoms with E-state index < -0.39 is 0 Å². The first-order chi connectivity index (χ1) is 8.59. The van der Waals surface area contributed by atoms with E-state index >= 15 is 0 Å². The molecule has 0 aliphatic heterocycles. The van der Waals surface area contributed by atoms with Crippen LogP contribution in [0.4, 0.5) is 5.69 Å². The number of nitrogens with zero attached hydrogens (tertiary/aromatic N) is 2. The highest BCUT2D eigenvalue weighted by Gasteiger charge is 2.15. The Morgan fingerprint density at radius 3 is 2.78 bits per heavy atom. The summed E-state index contributed by atoms with van der Waals surface area (Å²) in [6, 6.07) is 7.11. The van der Waals surface area contributed by atoms with Crippen LogP contribution in [-0.2, 0) is 6.54 Å². The number of hydrogen-bond acceptors (Lipinski definition) is 4.